The van der Waals surface area contributed by atoms with Crippen molar-refractivity contribution in [2.75, 3.05) is 0 Å². The van der Waals surface area contributed by atoms with Gasteiger partial charge in [0.05, 0.1) is 11.7 Å². The van der Waals surface area contributed by atoms with Crippen LogP contribution in [0.2, 0.25) is 0 Å². The number of halogens is 2. The Kier molecular flexibility index (Phi) is 4.35. The number of aryl methyl sites for hydroxylation is 1. The summed E-state index contributed by atoms with van der Waals surface area (Å²) in [5.41, 5.74) is 1.48. The lowest BCUT2D eigenvalue weighted by molar-refractivity contribution is 0.199. The molecule has 0 bridgehead atoms. The maximum Gasteiger partial charge on any atom is 0.132 e. The smallest absolute Gasteiger partial charge is 0.132 e. The molecule has 0 aliphatic carbocycles. The van der Waals surface area contributed by atoms with Crippen LogP contribution in [0.25, 0.3) is 0 Å². The van der Waals surface area contributed by atoms with Gasteiger partial charge in [0.2, 0.25) is 0 Å². The van der Waals surface area contributed by atoms with Crippen molar-refractivity contribution in [1.82, 2.24) is 0 Å². The molecule has 0 saturated carbocycles. The third kappa shape index (κ3) is 3.14. The number of hydrogen-bond donors (Lipinski definition) is 1. The first-order valence-electron chi connectivity index (χ1n) is 6.33. The fourth-order valence-electron chi connectivity index (χ4n) is 1.91. The second kappa shape index (κ2) is 6.01. The standard InChI is InChI=1S/C16H16F2O2/c1-10-8-12(11(2)19)6-7-16(10)20-9-13-14(17)4-3-5-15(13)18/h3-8,11,19H,9H2,1-2H3. The summed E-state index contributed by atoms with van der Waals surface area (Å²) < 4.78 is 32.4. The van der Waals surface area contributed by atoms with Crippen molar-refractivity contribution in [1.29, 1.82) is 0 Å². The van der Waals surface area contributed by atoms with Crippen LogP contribution in [-0.2, 0) is 6.61 Å². The van der Waals surface area contributed by atoms with Crippen LogP contribution in [0.4, 0.5) is 8.78 Å². The predicted octanol–water partition coefficient (Wildman–Crippen LogP) is 3.91. The maximum atomic E-state index is 13.5. The minimum absolute atomic E-state index is 0.0912. The molecule has 0 aromatic heterocycles. The van der Waals surface area contributed by atoms with Gasteiger partial charge in [-0.15, -0.1) is 0 Å². The van der Waals surface area contributed by atoms with E-state index in [2.05, 4.69) is 0 Å². The van der Waals surface area contributed by atoms with E-state index in [1.807, 2.05) is 6.92 Å². The van der Waals surface area contributed by atoms with Gasteiger partial charge in [-0.2, -0.15) is 0 Å². The summed E-state index contributed by atoms with van der Waals surface area (Å²) >= 11 is 0. The highest BCUT2D eigenvalue weighted by atomic mass is 19.1. The van der Waals surface area contributed by atoms with Crippen LogP contribution >= 0.6 is 0 Å². The van der Waals surface area contributed by atoms with Gasteiger partial charge in [0.15, 0.2) is 0 Å². The topological polar surface area (TPSA) is 29.5 Å². The van der Waals surface area contributed by atoms with Crippen molar-refractivity contribution < 1.29 is 18.6 Å². The van der Waals surface area contributed by atoms with E-state index in [4.69, 9.17) is 4.74 Å². The lowest BCUT2D eigenvalue weighted by Gasteiger charge is -2.12. The van der Waals surface area contributed by atoms with Gasteiger partial charge in [-0.1, -0.05) is 12.1 Å². The SMILES string of the molecule is Cc1cc(C(C)O)ccc1OCc1c(F)cccc1F. The van der Waals surface area contributed by atoms with Crippen LogP contribution in [0, 0.1) is 18.6 Å². The molecule has 0 amide bonds. The van der Waals surface area contributed by atoms with Gasteiger partial charge in [-0.05, 0) is 49.2 Å². The highest BCUT2D eigenvalue weighted by Gasteiger charge is 2.10. The highest BCUT2D eigenvalue weighted by Crippen LogP contribution is 2.24. The number of aliphatic hydroxyl groups excluding tert-OH is 1. The van der Waals surface area contributed by atoms with Crippen LogP contribution in [0.3, 0.4) is 0 Å². The zero-order valence-electron chi connectivity index (χ0n) is 11.4. The van der Waals surface area contributed by atoms with Crippen LogP contribution in [0.1, 0.15) is 29.7 Å². The van der Waals surface area contributed by atoms with Crippen molar-refractivity contribution in [2.45, 2.75) is 26.6 Å². The zero-order chi connectivity index (χ0) is 14.7. The average Bonchev–Trinajstić information content (AvgIpc) is 2.39. The molecule has 4 heteroatoms. The van der Waals surface area contributed by atoms with Crippen LogP contribution in [0.15, 0.2) is 36.4 Å². The molecule has 0 aliphatic rings. The molecule has 0 aliphatic heterocycles. The molecule has 106 valence electrons. The third-order valence-corrected chi connectivity index (χ3v) is 3.12. The molecule has 2 nitrogen and oxygen atoms in total. The molecule has 0 spiro atoms. The van der Waals surface area contributed by atoms with Gasteiger partial charge in [-0.25, -0.2) is 8.78 Å². The molecule has 1 atom stereocenters. The molecule has 0 radical (unpaired) electrons. The first-order chi connectivity index (χ1) is 9.49. The normalized spacial score (nSPS) is 12.2. The Hall–Kier alpha value is -1.94. The second-order valence-electron chi connectivity index (χ2n) is 4.69. The molecular weight excluding hydrogens is 262 g/mol. The van der Waals surface area contributed by atoms with E-state index in [0.717, 1.165) is 11.1 Å². The summed E-state index contributed by atoms with van der Waals surface area (Å²) in [6, 6.07) is 8.92. The summed E-state index contributed by atoms with van der Waals surface area (Å²) in [6.45, 7) is 3.32. The zero-order valence-corrected chi connectivity index (χ0v) is 11.4. The van der Waals surface area contributed by atoms with Gasteiger partial charge in [0, 0.05) is 0 Å². The summed E-state index contributed by atoms with van der Waals surface area (Å²) in [5.74, 6) is -0.705. The monoisotopic (exact) mass is 278 g/mol. The molecule has 2 aromatic carbocycles. The summed E-state index contributed by atoms with van der Waals surface area (Å²) in [4.78, 5) is 0. The van der Waals surface area contributed by atoms with E-state index in [0.29, 0.717) is 5.75 Å². The van der Waals surface area contributed by atoms with Crippen molar-refractivity contribution in [3.8, 4) is 5.75 Å². The molecule has 0 heterocycles. The van der Waals surface area contributed by atoms with E-state index in [-0.39, 0.29) is 12.2 Å². The second-order valence-corrected chi connectivity index (χ2v) is 4.69. The number of rotatable bonds is 4. The largest absolute Gasteiger partial charge is 0.488 e. The van der Waals surface area contributed by atoms with Gasteiger partial charge in [-0.3, -0.25) is 0 Å². The Morgan fingerprint density at radius 3 is 2.35 bits per heavy atom. The van der Waals surface area contributed by atoms with Gasteiger partial charge in [0.25, 0.3) is 0 Å². The first-order valence-corrected chi connectivity index (χ1v) is 6.33. The summed E-state index contributed by atoms with van der Waals surface area (Å²) in [6.07, 6.45) is -0.563. The molecule has 1 N–H and O–H groups in total. The van der Waals surface area contributed by atoms with Gasteiger partial charge in [0.1, 0.15) is 24.0 Å². The van der Waals surface area contributed by atoms with E-state index in [1.165, 1.54) is 18.2 Å². The lowest BCUT2D eigenvalue weighted by Crippen LogP contribution is -2.03. The minimum atomic E-state index is -0.622. The number of benzene rings is 2. The lowest BCUT2D eigenvalue weighted by atomic mass is 10.1. The molecule has 2 rings (SSSR count). The number of aliphatic hydroxyl groups is 1. The Morgan fingerprint density at radius 1 is 1.15 bits per heavy atom. The van der Waals surface area contributed by atoms with Crippen molar-refractivity contribution >= 4 is 0 Å². The Morgan fingerprint density at radius 2 is 1.80 bits per heavy atom. The molecular formula is C16H16F2O2. The van der Waals surface area contributed by atoms with Crippen LogP contribution < -0.4 is 4.74 Å². The van der Waals surface area contributed by atoms with E-state index >= 15 is 0 Å². The Balaban J connectivity index is 2.15. The Labute approximate surface area is 116 Å². The molecule has 2 aromatic rings. The van der Waals surface area contributed by atoms with Crippen molar-refractivity contribution in [2.24, 2.45) is 0 Å². The number of hydrogen-bond acceptors (Lipinski definition) is 2. The molecule has 20 heavy (non-hydrogen) atoms. The molecule has 1 unspecified atom stereocenters. The third-order valence-electron chi connectivity index (χ3n) is 3.12. The minimum Gasteiger partial charge on any atom is -0.488 e. The first kappa shape index (κ1) is 14.5. The van der Waals surface area contributed by atoms with Crippen molar-refractivity contribution in [3.05, 3.63) is 64.7 Å². The average molecular weight is 278 g/mol. The highest BCUT2D eigenvalue weighted by molar-refractivity contribution is 5.37. The Bertz CT molecular complexity index is 589. The fourth-order valence-corrected chi connectivity index (χ4v) is 1.91. The van der Waals surface area contributed by atoms with Gasteiger partial charge < -0.3 is 9.84 Å². The van der Waals surface area contributed by atoms with Crippen LogP contribution in [-0.4, -0.2) is 5.11 Å². The number of ether oxygens (including phenoxy) is 1. The van der Waals surface area contributed by atoms with Crippen LogP contribution in [0.5, 0.6) is 5.75 Å². The fraction of sp³-hybridized carbons (Fsp3) is 0.250. The quantitative estimate of drug-likeness (QED) is 0.919. The van der Waals surface area contributed by atoms with Gasteiger partial charge >= 0.3 is 0 Å². The summed E-state index contributed by atoms with van der Waals surface area (Å²) in [5, 5.41) is 9.48. The van der Waals surface area contributed by atoms with E-state index < -0.39 is 17.7 Å². The predicted molar refractivity (Wildman–Crippen MR) is 72.5 cm³/mol. The van der Waals surface area contributed by atoms with Crippen molar-refractivity contribution in [3.63, 3.8) is 0 Å². The maximum absolute atomic E-state index is 13.5. The van der Waals surface area contributed by atoms with E-state index in [1.54, 1.807) is 25.1 Å². The molecule has 0 saturated heterocycles. The van der Waals surface area contributed by atoms with E-state index in [9.17, 15) is 13.9 Å². The summed E-state index contributed by atoms with van der Waals surface area (Å²) in [7, 11) is 0. The molecule has 0 fully saturated rings.